The van der Waals surface area contributed by atoms with Gasteiger partial charge in [0.1, 0.15) is 5.75 Å². The van der Waals surface area contributed by atoms with Gasteiger partial charge in [0.05, 0.1) is 19.3 Å². The highest BCUT2D eigenvalue weighted by atomic mass is 35.5. The molecule has 2 saturated heterocycles. The summed E-state index contributed by atoms with van der Waals surface area (Å²) in [5.41, 5.74) is 1.21. The van der Waals surface area contributed by atoms with E-state index in [0.29, 0.717) is 12.1 Å². The molecule has 0 radical (unpaired) electrons. The van der Waals surface area contributed by atoms with E-state index >= 15 is 0 Å². The maximum atomic E-state index is 6.53. The average Bonchev–Trinajstić information content (AvgIpc) is 3.01. The molecule has 3 fully saturated rings. The molecule has 4 rings (SSSR count). The lowest BCUT2D eigenvalue weighted by Gasteiger charge is -2.39. The van der Waals surface area contributed by atoms with Crippen LogP contribution < -0.4 is 4.74 Å². The number of hydrogen-bond acceptors (Lipinski definition) is 4. The molecular formula is C21H31ClN2O2. The third-order valence-electron chi connectivity index (χ3n) is 6.20. The van der Waals surface area contributed by atoms with Crippen LogP contribution in [0.1, 0.15) is 38.2 Å². The summed E-state index contributed by atoms with van der Waals surface area (Å²) < 4.78 is 11.6. The van der Waals surface area contributed by atoms with Crippen molar-refractivity contribution in [1.29, 1.82) is 0 Å². The van der Waals surface area contributed by atoms with Crippen LogP contribution in [0, 0.1) is 5.92 Å². The van der Waals surface area contributed by atoms with Gasteiger partial charge in [0, 0.05) is 37.2 Å². The summed E-state index contributed by atoms with van der Waals surface area (Å²) in [7, 11) is 0. The summed E-state index contributed by atoms with van der Waals surface area (Å²) in [6.45, 7) is 9.55. The molecule has 5 heteroatoms. The number of halogens is 1. The second kappa shape index (κ2) is 8.47. The molecule has 1 aliphatic carbocycles. The van der Waals surface area contributed by atoms with Crippen LogP contribution in [-0.4, -0.2) is 61.3 Å². The van der Waals surface area contributed by atoms with Crippen molar-refractivity contribution in [3.63, 3.8) is 0 Å². The first kappa shape index (κ1) is 18.5. The van der Waals surface area contributed by atoms with Crippen LogP contribution in [-0.2, 0) is 11.3 Å². The minimum atomic E-state index is 0.349. The molecule has 0 spiro atoms. The van der Waals surface area contributed by atoms with E-state index in [4.69, 9.17) is 21.1 Å². The monoisotopic (exact) mass is 378 g/mol. The lowest BCUT2D eigenvalue weighted by Crippen LogP contribution is -2.45. The fourth-order valence-corrected chi connectivity index (χ4v) is 4.67. The van der Waals surface area contributed by atoms with Gasteiger partial charge in [-0.25, -0.2) is 0 Å². The lowest BCUT2D eigenvalue weighted by molar-refractivity contribution is 0.000135. The Kier molecular flexibility index (Phi) is 6.04. The molecule has 0 bridgehead atoms. The highest BCUT2D eigenvalue weighted by Gasteiger charge is 2.32. The minimum Gasteiger partial charge on any atom is -0.490 e. The predicted octanol–water partition coefficient (Wildman–Crippen LogP) is 3.81. The van der Waals surface area contributed by atoms with Crippen LogP contribution in [0.4, 0.5) is 0 Å². The van der Waals surface area contributed by atoms with Crippen molar-refractivity contribution in [2.75, 3.05) is 39.4 Å². The molecule has 144 valence electrons. The van der Waals surface area contributed by atoms with E-state index in [2.05, 4.69) is 28.9 Å². The zero-order valence-electron chi connectivity index (χ0n) is 15.8. The molecule has 1 atom stereocenters. The number of benzene rings is 1. The Morgan fingerprint density at radius 3 is 2.69 bits per heavy atom. The quantitative estimate of drug-likeness (QED) is 0.751. The average molecular weight is 379 g/mol. The van der Waals surface area contributed by atoms with Crippen LogP contribution in [0.2, 0.25) is 5.02 Å². The second-order valence-electron chi connectivity index (χ2n) is 8.21. The summed E-state index contributed by atoms with van der Waals surface area (Å²) in [5, 5.41) is 0.839. The van der Waals surface area contributed by atoms with E-state index in [-0.39, 0.29) is 0 Å². The van der Waals surface area contributed by atoms with Crippen LogP contribution in [0.5, 0.6) is 5.75 Å². The van der Waals surface area contributed by atoms with Gasteiger partial charge in [0.2, 0.25) is 0 Å². The van der Waals surface area contributed by atoms with Gasteiger partial charge < -0.3 is 9.47 Å². The topological polar surface area (TPSA) is 24.9 Å². The van der Waals surface area contributed by atoms with Gasteiger partial charge in [-0.2, -0.15) is 0 Å². The van der Waals surface area contributed by atoms with Gasteiger partial charge in [-0.1, -0.05) is 17.7 Å². The fourth-order valence-electron chi connectivity index (χ4n) is 4.44. The van der Waals surface area contributed by atoms with E-state index in [1.807, 2.05) is 6.07 Å². The maximum Gasteiger partial charge on any atom is 0.121 e. The van der Waals surface area contributed by atoms with Crippen molar-refractivity contribution in [2.24, 2.45) is 5.92 Å². The van der Waals surface area contributed by atoms with Crippen molar-refractivity contribution in [1.82, 2.24) is 9.80 Å². The molecule has 2 aliphatic heterocycles. The Balaban J connectivity index is 1.23. The van der Waals surface area contributed by atoms with Crippen LogP contribution >= 0.6 is 11.6 Å². The number of nitrogens with zero attached hydrogens (tertiary/aromatic N) is 2. The van der Waals surface area contributed by atoms with E-state index in [1.54, 1.807) is 0 Å². The molecule has 4 nitrogen and oxygen atoms in total. The number of likely N-dealkylation sites (tertiary alicyclic amines) is 1. The second-order valence-corrected chi connectivity index (χ2v) is 8.61. The zero-order chi connectivity index (χ0) is 17.9. The van der Waals surface area contributed by atoms with Crippen molar-refractivity contribution in [3.8, 4) is 5.75 Å². The van der Waals surface area contributed by atoms with Crippen LogP contribution in [0.15, 0.2) is 18.2 Å². The normalized spacial score (nSPS) is 30.3. The van der Waals surface area contributed by atoms with Gasteiger partial charge in [-0.15, -0.1) is 0 Å². The van der Waals surface area contributed by atoms with Gasteiger partial charge in [-0.3, -0.25) is 9.80 Å². The van der Waals surface area contributed by atoms with E-state index in [9.17, 15) is 0 Å². The van der Waals surface area contributed by atoms with E-state index in [0.717, 1.165) is 62.4 Å². The van der Waals surface area contributed by atoms with Gasteiger partial charge in [0.25, 0.3) is 0 Å². The van der Waals surface area contributed by atoms with Crippen molar-refractivity contribution < 1.29 is 9.47 Å². The van der Waals surface area contributed by atoms with Gasteiger partial charge in [-0.05, 0) is 62.8 Å². The molecule has 26 heavy (non-hydrogen) atoms. The fraction of sp³-hybridized carbons (Fsp3) is 0.714. The Hall–Kier alpha value is -0.810. The van der Waals surface area contributed by atoms with Crippen LogP contribution in [0.25, 0.3) is 0 Å². The molecule has 1 saturated carbocycles. The SMILES string of the molecule is C[C@@H]1CCCN1Cc1ccc(OC2CC(CN3CCOCC3)C2)cc1Cl. The molecule has 0 unspecified atom stereocenters. The van der Waals surface area contributed by atoms with E-state index in [1.165, 1.54) is 31.5 Å². The first-order valence-electron chi connectivity index (χ1n) is 10.2. The molecule has 0 aromatic heterocycles. The lowest BCUT2D eigenvalue weighted by atomic mass is 9.82. The first-order valence-corrected chi connectivity index (χ1v) is 10.5. The third-order valence-corrected chi connectivity index (χ3v) is 6.56. The minimum absolute atomic E-state index is 0.349. The van der Waals surface area contributed by atoms with Crippen LogP contribution in [0.3, 0.4) is 0 Å². The summed E-state index contributed by atoms with van der Waals surface area (Å²) in [5.74, 6) is 1.69. The van der Waals surface area contributed by atoms with Crippen molar-refractivity contribution in [3.05, 3.63) is 28.8 Å². The molecule has 1 aromatic rings. The maximum absolute atomic E-state index is 6.53. The summed E-state index contributed by atoms with van der Waals surface area (Å²) in [6, 6.07) is 6.91. The largest absolute Gasteiger partial charge is 0.490 e. The zero-order valence-corrected chi connectivity index (χ0v) is 16.6. The highest BCUT2D eigenvalue weighted by Crippen LogP contribution is 2.34. The smallest absolute Gasteiger partial charge is 0.121 e. The van der Waals surface area contributed by atoms with E-state index < -0.39 is 0 Å². The number of ether oxygens (including phenoxy) is 2. The molecule has 0 N–H and O–H groups in total. The molecular weight excluding hydrogens is 348 g/mol. The highest BCUT2D eigenvalue weighted by molar-refractivity contribution is 6.31. The molecule has 0 amide bonds. The summed E-state index contributed by atoms with van der Waals surface area (Å²) >= 11 is 6.53. The third kappa shape index (κ3) is 4.53. The first-order chi connectivity index (χ1) is 12.7. The van der Waals surface area contributed by atoms with Gasteiger partial charge in [0.15, 0.2) is 0 Å². The Bertz CT molecular complexity index is 600. The summed E-state index contributed by atoms with van der Waals surface area (Å²) in [6.07, 6.45) is 5.25. The standard InChI is InChI=1S/C21H31ClN2O2/c1-16-3-2-6-24(16)15-18-4-5-19(13-21(18)22)26-20-11-17(12-20)14-23-7-9-25-10-8-23/h4-5,13,16-17,20H,2-3,6-12,14-15H2,1H3/t16-,17?,20?/m1/s1. The Morgan fingerprint density at radius 1 is 1.19 bits per heavy atom. The molecule has 3 aliphatic rings. The van der Waals surface area contributed by atoms with Crippen molar-refractivity contribution in [2.45, 2.75) is 51.3 Å². The number of morpholine rings is 1. The van der Waals surface area contributed by atoms with Crippen molar-refractivity contribution >= 4 is 11.6 Å². The predicted molar refractivity (Wildman–Crippen MR) is 105 cm³/mol. The Morgan fingerprint density at radius 2 is 2.00 bits per heavy atom. The molecule has 1 aromatic carbocycles. The number of hydrogen-bond donors (Lipinski definition) is 0. The summed E-state index contributed by atoms with van der Waals surface area (Å²) in [4.78, 5) is 5.04. The molecule has 2 heterocycles. The number of rotatable bonds is 6. The van der Waals surface area contributed by atoms with Gasteiger partial charge >= 0.3 is 0 Å². The Labute approximate surface area is 162 Å².